The first-order valence-electron chi connectivity index (χ1n) is 8.12. The number of carbonyl (C=O) groups excluding carboxylic acids is 1. The summed E-state index contributed by atoms with van der Waals surface area (Å²) < 4.78 is 7.32. The Bertz CT molecular complexity index is 883. The SMILES string of the molecule is Cc1ccc(C(C)C)cc1OCC(=O)N/N=C\c1c(Br)cc(Br)c(O)c1Br. The summed E-state index contributed by atoms with van der Waals surface area (Å²) in [6, 6.07) is 7.68. The number of amides is 1. The van der Waals surface area contributed by atoms with Crippen molar-refractivity contribution < 1.29 is 14.6 Å². The lowest BCUT2D eigenvalue weighted by atomic mass is 10.0. The summed E-state index contributed by atoms with van der Waals surface area (Å²) in [4.78, 5) is 12.0. The lowest BCUT2D eigenvalue weighted by Gasteiger charge is -2.12. The van der Waals surface area contributed by atoms with Crippen LogP contribution in [-0.2, 0) is 4.79 Å². The van der Waals surface area contributed by atoms with Crippen LogP contribution < -0.4 is 10.2 Å². The molecule has 144 valence electrons. The maximum Gasteiger partial charge on any atom is 0.277 e. The number of ether oxygens (including phenoxy) is 1. The molecule has 0 aromatic heterocycles. The zero-order chi connectivity index (χ0) is 20.1. The van der Waals surface area contributed by atoms with E-state index >= 15 is 0 Å². The van der Waals surface area contributed by atoms with Gasteiger partial charge in [-0.2, -0.15) is 5.10 Å². The van der Waals surface area contributed by atoms with Crippen LogP contribution in [0, 0.1) is 6.92 Å². The highest BCUT2D eigenvalue weighted by atomic mass is 79.9. The molecule has 8 heteroatoms. The van der Waals surface area contributed by atoms with Crippen molar-refractivity contribution >= 4 is 59.9 Å². The van der Waals surface area contributed by atoms with Crippen LogP contribution in [0.1, 0.15) is 36.5 Å². The second-order valence-electron chi connectivity index (χ2n) is 6.18. The van der Waals surface area contributed by atoms with E-state index in [-0.39, 0.29) is 18.3 Å². The Kier molecular flexibility index (Phi) is 7.88. The first-order valence-corrected chi connectivity index (χ1v) is 10.5. The number of hydrogen-bond acceptors (Lipinski definition) is 4. The average molecular weight is 563 g/mol. The van der Waals surface area contributed by atoms with Crippen molar-refractivity contribution in [3.63, 3.8) is 0 Å². The number of carbonyl (C=O) groups is 1. The fourth-order valence-electron chi connectivity index (χ4n) is 2.19. The van der Waals surface area contributed by atoms with Gasteiger partial charge in [0.2, 0.25) is 0 Å². The lowest BCUT2D eigenvalue weighted by Crippen LogP contribution is -2.24. The molecule has 0 unspecified atom stereocenters. The molecule has 0 spiro atoms. The number of rotatable bonds is 6. The second kappa shape index (κ2) is 9.71. The molecular weight excluding hydrogens is 544 g/mol. The topological polar surface area (TPSA) is 70.9 Å². The standard InChI is InChI=1S/C19H19Br3N2O3/c1-10(2)12-5-4-11(3)16(6-12)27-9-17(25)24-23-8-13-14(20)7-15(21)19(26)18(13)22/h4-8,10,26H,9H2,1-3H3,(H,24,25)/b23-8-. The monoisotopic (exact) mass is 560 g/mol. The van der Waals surface area contributed by atoms with Gasteiger partial charge in [0.1, 0.15) is 11.5 Å². The molecule has 0 radical (unpaired) electrons. The first-order chi connectivity index (χ1) is 12.7. The minimum atomic E-state index is -0.380. The molecule has 0 aliphatic carbocycles. The molecule has 2 aromatic carbocycles. The van der Waals surface area contributed by atoms with Crippen molar-refractivity contribution in [2.75, 3.05) is 6.61 Å². The maximum absolute atomic E-state index is 12.0. The fourth-order valence-corrected chi connectivity index (χ4v) is 4.51. The summed E-state index contributed by atoms with van der Waals surface area (Å²) in [6.45, 7) is 6.00. The minimum Gasteiger partial charge on any atom is -0.506 e. The zero-order valence-electron chi connectivity index (χ0n) is 15.0. The highest BCUT2D eigenvalue weighted by Gasteiger charge is 2.12. The van der Waals surface area contributed by atoms with E-state index in [1.54, 1.807) is 6.07 Å². The highest BCUT2D eigenvalue weighted by Crippen LogP contribution is 2.38. The Morgan fingerprint density at radius 1 is 1.26 bits per heavy atom. The number of nitrogens with zero attached hydrogens (tertiary/aromatic N) is 1. The van der Waals surface area contributed by atoms with Crippen molar-refractivity contribution in [3.05, 3.63) is 54.4 Å². The van der Waals surface area contributed by atoms with Crippen molar-refractivity contribution in [1.82, 2.24) is 5.43 Å². The summed E-state index contributed by atoms with van der Waals surface area (Å²) in [5.41, 5.74) is 5.13. The van der Waals surface area contributed by atoms with Crippen molar-refractivity contribution in [1.29, 1.82) is 0 Å². The average Bonchev–Trinajstić information content (AvgIpc) is 2.61. The summed E-state index contributed by atoms with van der Waals surface area (Å²) in [7, 11) is 0. The normalized spacial score (nSPS) is 11.2. The predicted octanol–water partition coefficient (Wildman–Crippen LogP) is 5.64. The van der Waals surface area contributed by atoms with Crippen LogP contribution in [0.5, 0.6) is 11.5 Å². The quantitative estimate of drug-likeness (QED) is 0.353. The van der Waals surface area contributed by atoms with Crippen LogP contribution in [0.25, 0.3) is 0 Å². The van der Waals surface area contributed by atoms with E-state index in [1.165, 1.54) is 6.21 Å². The third kappa shape index (κ3) is 5.80. The van der Waals surface area contributed by atoms with Crippen LogP contribution in [0.3, 0.4) is 0 Å². The molecule has 2 rings (SSSR count). The molecule has 0 aliphatic heterocycles. The third-order valence-electron chi connectivity index (χ3n) is 3.80. The van der Waals surface area contributed by atoms with Crippen LogP contribution >= 0.6 is 47.8 Å². The molecule has 5 nitrogen and oxygen atoms in total. The smallest absolute Gasteiger partial charge is 0.277 e. The molecule has 1 amide bonds. The molecule has 0 bridgehead atoms. The van der Waals surface area contributed by atoms with Gasteiger partial charge in [0, 0.05) is 10.0 Å². The van der Waals surface area contributed by atoms with E-state index in [0.29, 0.717) is 30.6 Å². The van der Waals surface area contributed by atoms with E-state index in [1.807, 2.05) is 19.1 Å². The van der Waals surface area contributed by atoms with Gasteiger partial charge in [0.25, 0.3) is 5.91 Å². The molecule has 2 N–H and O–H groups in total. The predicted molar refractivity (Wildman–Crippen MR) is 118 cm³/mol. The number of aromatic hydroxyl groups is 1. The largest absolute Gasteiger partial charge is 0.506 e. The van der Waals surface area contributed by atoms with E-state index in [4.69, 9.17) is 4.74 Å². The lowest BCUT2D eigenvalue weighted by molar-refractivity contribution is -0.123. The molecule has 0 saturated heterocycles. The number of hydrazone groups is 1. The van der Waals surface area contributed by atoms with Gasteiger partial charge < -0.3 is 9.84 Å². The highest BCUT2D eigenvalue weighted by molar-refractivity contribution is 9.11. The number of nitrogens with one attached hydrogen (secondary N) is 1. The number of phenolic OH excluding ortho intramolecular Hbond substituents is 1. The molecule has 0 fully saturated rings. The van der Waals surface area contributed by atoms with Crippen molar-refractivity contribution in [2.45, 2.75) is 26.7 Å². The maximum atomic E-state index is 12.0. The molecular formula is C19H19Br3N2O3. The summed E-state index contributed by atoms with van der Waals surface area (Å²) >= 11 is 9.93. The first kappa shape index (κ1) is 21.9. The molecule has 0 heterocycles. The van der Waals surface area contributed by atoms with Crippen LogP contribution in [0.2, 0.25) is 0 Å². The molecule has 0 atom stereocenters. The fraction of sp³-hybridized carbons (Fsp3) is 0.263. The Morgan fingerprint density at radius 3 is 2.63 bits per heavy atom. The van der Waals surface area contributed by atoms with Crippen LogP contribution in [-0.4, -0.2) is 23.8 Å². The van der Waals surface area contributed by atoms with Gasteiger partial charge in [-0.1, -0.05) is 41.9 Å². The van der Waals surface area contributed by atoms with E-state index in [9.17, 15) is 9.90 Å². The number of phenols is 1. The Morgan fingerprint density at radius 2 is 1.96 bits per heavy atom. The zero-order valence-corrected chi connectivity index (χ0v) is 19.8. The van der Waals surface area contributed by atoms with E-state index in [2.05, 4.69) is 78.2 Å². The van der Waals surface area contributed by atoms with Gasteiger partial charge in [-0.25, -0.2) is 5.43 Å². The second-order valence-corrected chi connectivity index (χ2v) is 8.68. The number of halogens is 3. The van der Waals surface area contributed by atoms with Gasteiger partial charge >= 0.3 is 0 Å². The van der Waals surface area contributed by atoms with Crippen molar-refractivity contribution in [2.24, 2.45) is 5.10 Å². The summed E-state index contributed by atoms with van der Waals surface area (Å²) in [5, 5.41) is 13.9. The minimum absolute atomic E-state index is 0.0508. The van der Waals surface area contributed by atoms with Gasteiger partial charge in [-0.15, -0.1) is 0 Å². The van der Waals surface area contributed by atoms with Gasteiger partial charge in [-0.05, 0) is 68.0 Å². The van der Waals surface area contributed by atoms with Gasteiger partial charge in [-0.3, -0.25) is 4.79 Å². The molecule has 2 aromatic rings. The molecule has 27 heavy (non-hydrogen) atoms. The number of benzene rings is 2. The Balaban J connectivity index is 1.99. The van der Waals surface area contributed by atoms with E-state index in [0.717, 1.165) is 11.1 Å². The van der Waals surface area contributed by atoms with Crippen LogP contribution in [0.15, 0.2) is 42.8 Å². The van der Waals surface area contributed by atoms with Crippen molar-refractivity contribution in [3.8, 4) is 11.5 Å². The third-order valence-corrected chi connectivity index (χ3v) is 5.87. The molecule has 0 saturated carbocycles. The number of hydrogen-bond donors (Lipinski definition) is 2. The number of aryl methyl sites for hydroxylation is 1. The van der Waals surface area contributed by atoms with E-state index < -0.39 is 0 Å². The van der Waals surface area contributed by atoms with Crippen LogP contribution in [0.4, 0.5) is 0 Å². The summed E-state index contributed by atoms with van der Waals surface area (Å²) in [6.07, 6.45) is 1.43. The Labute approximate surface area is 183 Å². The Hall–Kier alpha value is -1.38. The summed E-state index contributed by atoms with van der Waals surface area (Å²) in [5.74, 6) is 0.734. The van der Waals surface area contributed by atoms with Gasteiger partial charge in [0.15, 0.2) is 6.61 Å². The van der Waals surface area contributed by atoms with Gasteiger partial charge in [0.05, 0.1) is 15.2 Å². The molecule has 0 aliphatic rings.